The molecule has 0 saturated carbocycles. The van der Waals surface area contributed by atoms with Crippen LogP contribution in [0.1, 0.15) is 142 Å². The summed E-state index contributed by atoms with van der Waals surface area (Å²) in [6, 6.07) is 0. The highest BCUT2D eigenvalue weighted by molar-refractivity contribution is 5.70. The van der Waals surface area contributed by atoms with Crippen molar-refractivity contribution >= 4 is 11.9 Å². The van der Waals surface area contributed by atoms with Crippen LogP contribution in [0.15, 0.2) is 36.5 Å². The number of aliphatic hydroxyl groups is 1. The van der Waals surface area contributed by atoms with Gasteiger partial charge in [0.25, 0.3) is 0 Å². The summed E-state index contributed by atoms with van der Waals surface area (Å²) in [6.07, 6.45) is 33.6. The third-order valence-electron chi connectivity index (χ3n) is 7.36. The van der Waals surface area contributed by atoms with E-state index in [0.29, 0.717) is 12.8 Å². The molecule has 1 fully saturated rings. The monoisotopic (exact) mass is 576 g/mol. The van der Waals surface area contributed by atoms with Gasteiger partial charge in [-0.3, -0.25) is 9.59 Å². The Hall–Kier alpha value is -1.92. The molecular weight excluding hydrogens is 516 g/mol. The van der Waals surface area contributed by atoms with Gasteiger partial charge in [0, 0.05) is 12.8 Å². The first-order chi connectivity index (χ1) is 20.1. The van der Waals surface area contributed by atoms with E-state index in [1.165, 1.54) is 64.2 Å². The largest absolute Gasteiger partial charge is 0.462 e. The highest BCUT2D eigenvalue weighted by Crippen LogP contribution is 2.30. The summed E-state index contributed by atoms with van der Waals surface area (Å²) in [6.45, 7) is 4.00. The van der Waals surface area contributed by atoms with Crippen molar-refractivity contribution in [3.63, 3.8) is 0 Å². The van der Waals surface area contributed by atoms with Crippen LogP contribution in [0.3, 0.4) is 0 Å². The summed E-state index contributed by atoms with van der Waals surface area (Å²) < 4.78 is 16.2. The lowest BCUT2D eigenvalue weighted by atomic mass is 10.1. The zero-order valence-corrected chi connectivity index (χ0v) is 26.2. The van der Waals surface area contributed by atoms with Crippen LogP contribution in [0.4, 0.5) is 0 Å². The number of unbranched alkanes of at least 4 members (excludes halogenated alkanes) is 11. The van der Waals surface area contributed by atoms with Crippen LogP contribution in [0.5, 0.6) is 0 Å². The number of allylic oxidation sites excluding steroid dienone is 5. The predicted molar refractivity (Wildman–Crippen MR) is 168 cm³/mol. The molecule has 41 heavy (non-hydrogen) atoms. The summed E-state index contributed by atoms with van der Waals surface area (Å²) in [5.41, 5.74) is 0. The zero-order valence-electron chi connectivity index (χ0n) is 26.2. The second kappa shape index (κ2) is 26.9. The van der Waals surface area contributed by atoms with Gasteiger partial charge in [0.15, 0.2) is 6.10 Å². The van der Waals surface area contributed by atoms with Crippen LogP contribution >= 0.6 is 0 Å². The molecule has 0 aliphatic carbocycles. The average molecular weight is 577 g/mol. The fourth-order valence-corrected chi connectivity index (χ4v) is 4.70. The Bertz CT molecular complexity index is 728. The number of aliphatic hydroxyl groups excluding tert-OH is 1. The SMILES string of the molecule is CCCCC/C=C\C/C=C\C/C=C\CC1OC1CCCC(=O)O[C@@H](CO)COC(=O)CCCCCCCCCCC. The fraction of sp³-hybridized carbons (Fsp3) is 0.771. The van der Waals surface area contributed by atoms with Crippen LogP contribution < -0.4 is 0 Å². The molecular formula is C35H60O6. The van der Waals surface area contributed by atoms with Crippen molar-refractivity contribution in [3.05, 3.63) is 36.5 Å². The van der Waals surface area contributed by atoms with Crippen LogP contribution in [0, 0.1) is 0 Å². The van der Waals surface area contributed by atoms with E-state index >= 15 is 0 Å². The molecule has 1 aliphatic rings. The molecule has 1 N–H and O–H groups in total. The van der Waals surface area contributed by atoms with Gasteiger partial charge in [0.1, 0.15) is 6.61 Å². The van der Waals surface area contributed by atoms with Crippen molar-refractivity contribution in [2.45, 2.75) is 161 Å². The van der Waals surface area contributed by atoms with Crippen molar-refractivity contribution in [1.82, 2.24) is 0 Å². The van der Waals surface area contributed by atoms with E-state index in [1.807, 2.05) is 0 Å². The van der Waals surface area contributed by atoms with Crippen molar-refractivity contribution in [2.24, 2.45) is 0 Å². The number of hydrogen-bond donors (Lipinski definition) is 1. The number of carbonyl (C=O) groups is 2. The number of rotatable bonds is 28. The fourth-order valence-electron chi connectivity index (χ4n) is 4.70. The molecule has 2 unspecified atom stereocenters. The summed E-state index contributed by atoms with van der Waals surface area (Å²) in [7, 11) is 0. The molecule has 1 aliphatic heterocycles. The lowest BCUT2D eigenvalue weighted by Gasteiger charge is -2.15. The quantitative estimate of drug-likeness (QED) is 0.0434. The van der Waals surface area contributed by atoms with Crippen molar-refractivity contribution in [1.29, 1.82) is 0 Å². The number of esters is 2. The molecule has 1 rings (SSSR count). The molecule has 0 spiro atoms. The highest BCUT2D eigenvalue weighted by atomic mass is 16.6. The van der Waals surface area contributed by atoms with Gasteiger partial charge in [-0.15, -0.1) is 0 Å². The van der Waals surface area contributed by atoms with Gasteiger partial charge < -0.3 is 19.3 Å². The first-order valence-electron chi connectivity index (χ1n) is 16.7. The summed E-state index contributed by atoms with van der Waals surface area (Å²) >= 11 is 0. The Labute approximate surface area is 251 Å². The molecule has 6 heteroatoms. The maximum atomic E-state index is 12.2. The van der Waals surface area contributed by atoms with E-state index in [1.54, 1.807) is 0 Å². The smallest absolute Gasteiger partial charge is 0.306 e. The zero-order chi connectivity index (χ0) is 29.8. The maximum Gasteiger partial charge on any atom is 0.306 e. The third-order valence-corrected chi connectivity index (χ3v) is 7.36. The first kappa shape index (κ1) is 37.1. The predicted octanol–water partition coefficient (Wildman–Crippen LogP) is 8.71. The minimum atomic E-state index is -0.805. The Morgan fingerprint density at radius 1 is 0.707 bits per heavy atom. The Kier molecular flexibility index (Phi) is 24.4. The van der Waals surface area contributed by atoms with Crippen LogP contribution in [0.25, 0.3) is 0 Å². The number of carbonyl (C=O) groups excluding carboxylic acids is 2. The molecule has 0 aromatic carbocycles. The van der Waals surface area contributed by atoms with E-state index in [4.69, 9.17) is 14.2 Å². The van der Waals surface area contributed by atoms with E-state index in [9.17, 15) is 14.7 Å². The molecule has 0 aromatic heterocycles. The van der Waals surface area contributed by atoms with E-state index < -0.39 is 6.10 Å². The molecule has 0 aromatic rings. The summed E-state index contributed by atoms with van der Waals surface area (Å²) in [5.74, 6) is -0.673. The normalized spacial score (nSPS) is 17.5. The molecule has 6 nitrogen and oxygen atoms in total. The Morgan fingerprint density at radius 2 is 1.29 bits per heavy atom. The average Bonchev–Trinajstić information content (AvgIpc) is 3.72. The topological polar surface area (TPSA) is 85.4 Å². The van der Waals surface area contributed by atoms with Crippen molar-refractivity contribution in [2.75, 3.05) is 13.2 Å². The van der Waals surface area contributed by atoms with Crippen molar-refractivity contribution in [3.8, 4) is 0 Å². The van der Waals surface area contributed by atoms with Crippen molar-refractivity contribution < 1.29 is 28.9 Å². The van der Waals surface area contributed by atoms with Gasteiger partial charge in [0.05, 0.1) is 18.8 Å². The van der Waals surface area contributed by atoms with E-state index in [2.05, 4.69) is 50.3 Å². The first-order valence-corrected chi connectivity index (χ1v) is 16.7. The minimum Gasteiger partial charge on any atom is -0.462 e. The molecule has 3 atom stereocenters. The lowest BCUT2D eigenvalue weighted by molar-refractivity contribution is -0.161. The van der Waals surface area contributed by atoms with Crippen LogP contribution in [-0.4, -0.2) is 48.6 Å². The van der Waals surface area contributed by atoms with Crippen LogP contribution in [-0.2, 0) is 23.8 Å². The second-order valence-electron chi connectivity index (χ2n) is 11.3. The summed E-state index contributed by atoms with van der Waals surface area (Å²) in [4.78, 5) is 24.1. The highest BCUT2D eigenvalue weighted by Gasteiger charge is 2.36. The molecule has 0 bridgehead atoms. The van der Waals surface area contributed by atoms with Gasteiger partial charge in [-0.25, -0.2) is 0 Å². The van der Waals surface area contributed by atoms with E-state index in [-0.39, 0.29) is 43.8 Å². The second-order valence-corrected chi connectivity index (χ2v) is 11.3. The van der Waals surface area contributed by atoms with Gasteiger partial charge in [-0.2, -0.15) is 0 Å². The van der Waals surface area contributed by atoms with Gasteiger partial charge in [-0.05, 0) is 51.4 Å². The summed E-state index contributed by atoms with van der Waals surface area (Å²) in [5, 5.41) is 9.51. The third kappa shape index (κ3) is 23.3. The number of hydrogen-bond acceptors (Lipinski definition) is 6. The van der Waals surface area contributed by atoms with Gasteiger partial charge in [0.2, 0.25) is 0 Å². The van der Waals surface area contributed by atoms with Crippen LogP contribution in [0.2, 0.25) is 0 Å². The molecule has 0 radical (unpaired) electrons. The van der Waals surface area contributed by atoms with Gasteiger partial charge >= 0.3 is 11.9 Å². The van der Waals surface area contributed by atoms with E-state index in [0.717, 1.165) is 44.9 Å². The Morgan fingerprint density at radius 3 is 1.98 bits per heavy atom. The molecule has 236 valence electrons. The molecule has 1 saturated heterocycles. The number of ether oxygens (including phenoxy) is 3. The molecule has 1 heterocycles. The number of epoxide rings is 1. The minimum absolute atomic E-state index is 0.0937. The molecule has 0 amide bonds. The Balaban J connectivity index is 2.00. The lowest BCUT2D eigenvalue weighted by Crippen LogP contribution is -2.28. The van der Waals surface area contributed by atoms with Gasteiger partial charge in [-0.1, -0.05) is 115 Å². The standard InChI is InChI=1S/C35H60O6/c1-3-5-7-9-11-13-14-15-17-18-20-22-25-32-33(41-32)26-24-28-35(38)40-31(29-36)30-39-34(37)27-23-21-19-16-12-10-8-6-4-2/h11,13,15,17,20,22,31-33,36H,3-10,12,14,16,18-19,21,23-30H2,1-2H3/b13-11-,17-15-,22-20-/t31-,32?,33?/m0/s1. The maximum absolute atomic E-state index is 12.2.